The van der Waals surface area contributed by atoms with Crippen molar-refractivity contribution in [1.82, 2.24) is 4.98 Å². The first-order valence-corrected chi connectivity index (χ1v) is 10.0. The van der Waals surface area contributed by atoms with E-state index in [0.717, 1.165) is 11.3 Å². The Morgan fingerprint density at radius 1 is 1.14 bits per heavy atom. The minimum absolute atomic E-state index is 0.100. The van der Waals surface area contributed by atoms with E-state index in [1.165, 1.54) is 11.3 Å². The van der Waals surface area contributed by atoms with Crippen molar-refractivity contribution in [3.8, 4) is 22.8 Å². The summed E-state index contributed by atoms with van der Waals surface area (Å²) in [5.41, 5.74) is 2.69. The van der Waals surface area contributed by atoms with E-state index >= 15 is 0 Å². The Hall–Kier alpha value is -3.03. The van der Waals surface area contributed by atoms with Crippen LogP contribution < -0.4 is 14.4 Å². The van der Waals surface area contributed by atoms with Gasteiger partial charge in [0.2, 0.25) is 0 Å². The predicted octanol–water partition coefficient (Wildman–Crippen LogP) is 5.25. The maximum absolute atomic E-state index is 10.5. The van der Waals surface area contributed by atoms with E-state index in [9.17, 15) is 5.11 Å². The quantitative estimate of drug-likeness (QED) is 0.581. The van der Waals surface area contributed by atoms with Gasteiger partial charge in [0.15, 0.2) is 11.5 Å². The number of aliphatic hydroxyl groups excluding tert-OH is 1. The molecule has 3 aromatic rings. The summed E-state index contributed by atoms with van der Waals surface area (Å²) in [4.78, 5) is 6.32. The molecule has 0 fully saturated rings. The Bertz CT molecular complexity index is 1130. The first kappa shape index (κ1) is 19.3. The Morgan fingerprint density at radius 3 is 2.62 bits per heavy atom. The Labute approximate surface area is 177 Å². The van der Waals surface area contributed by atoms with Crippen LogP contribution >= 0.6 is 22.9 Å². The van der Waals surface area contributed by atoms with Crippen molar-refractivity contribution >= 4 is 40.0 Å². The molecule has 2 N–H and O–H groups in total. The topological polar surface area (TPSA) is 78.7 Å². The fraction of sp³-hybridized carbons (Fsp3) is 0.143. The van der Waals surface area contributed by atoms with Gasteiger partial charge >= 0.3 is 0 Å². The molecule has 1 aliphatic rings. The molecule has 6 nitrogen and oxygen atoms in total. The highest BCUT2D eigenvalue weighted by molar-refractivity contribution is 7.11. The molecule has 0 amide bonds. The van der Waals surface area contributed by atoms with Gasteiger partial charge in [0.25, 0.3) is 0 Å². The van der Waals surface area contributed by atoms with E-state index in [-0.39, 0.29) is 18.1 Å². The monoisotopic (exact) mass is 427 g/mol. The zero-order chi connectivity index (χ0) is 20.5. The van der Waals surface area contributed by atoms with Gasteiger partial charge in [0.05, 0.1) is 42.7 Å². The molecule has 148 valence electrons. The van der Waals surface area contributed by atoms with E-state index in [2.05, 4.69) is 4.98 Å². The lowest BCUT2D eigenvalue weighted by atomic mass is 10.1. The van der Waals surface area contributed by atoms with Crippen molar-refractivity contribution in [2.45, 2.75) is 0 Å². The van der Waals surface area contributed by atoms with Gasteiger partial charge in [-0.05, 0) is 30.3 Å². The van der Waals surface area contributed by atoms with Gasteiger partial charge in [-0.3, -0.25) is 5.41 Å². The van der Waals surface area contributed by atoms with Gasteiger partial charge in [0, 0.05) is 10.9 Å². The number of aromatic nitrogens is 1. The van der Waals surface area contributed by atoms with Crippen molar-refractivity contribution in [3.05, 3.63) is 63.6 Å². The fourth-order valence-electron chi connectivity index (χ4n) is 3.20. The Balaban J connectivity index is 1.65. The molecule has 1 aliphatic heterocycles. The van der Waals surface area contributed by atoms with Crippen LogP contribution in [0.25, 0.3) is 16.8 Å². The van der Waals surface area contributed by atoms with Crippen molar-refractivity contribution in [2.24, 2.45) is 0 Å². The highest BCUT2D eigenvalue weighted by atomic mass is 35.5. The molecule has 8 heteroatoms. The summed E-state index contributed by atoms with van der Waals surface area (Å²) in [6.45, 7) is 0.184. The van der Waals surface area contributed by atoms with Crippen molar-refractivity contribution in [2.75, 3.05) is 25.7 Å². The number of benzene rings is 2. The molecule has 0 radical (unpaired) electrons. The molecule has 0 spiro atoms. The molecule has 1 aromatic heterocycles. The number of para-hydroxylation sites is 1. The number of aliphatic hydroxyl groups is 1. The summed E-state index contributed by atoms with van der Waals surface area (Å²) < 4.78 is 10.6. The number of nitrogens with zero attached hydrogens (tertiary/aromatic N) is 2. The largest absolute Gasteiger partial charge is 0.510 e. The number of thiazole rings is 1. The lowest BCUT2D eigenvalue weighted by molar-refractivity contribution is 0.355. The van der Waals surface area contributed by atoms with E-state index in [0.29, 0.717) is 32.8 Å². The number of amidine groups is 1. The standard InChI is InChI=1S/C21H18ClN3O3S/c1-27-17-8-7-12(9-18(17)28-2)14-11-29-21(24-14)19-16(26)10-25(20(19)23)15-6-4-3-5-13(15)22/h3-9,11,23,26H,10H2,1-2H3. The molecule has 0 atom stereocenters. The summed E-state index contributed by atoms with van der Waals surface area (Å²) in [5, 5.41) is 22.1. The van der Waals surface area contributed by atoms with Crippen LogP contribution in [-0.2, 0) is 0 Å². The van der Waals surface area contributed by atoms with Crippen molar-refractivity contribution in [1.29, 1.82) is 5.41 Å². The third-order valence-electron chi connectivity index (χ3n) is 4.64. The zero-order valence-electron chi connectivity index (χ0n) is 15.8. The third kappa shape index (κ3) is 3.43. The van der Waals surface area contributed by atoms with Gasteiger partial charge in [0.1, 0.15) is 16.6 Å². The van der Waals surface area contributed by atoms with Crippen LogP contribution in [-0.4, -0.2) is 36.7 Å². The fourth-order valence-corrected chi connectivity index (χ4v) is 4.33. The first-order chi connectivity index (χ1) is 14.0. The van der Waals surface area contributed by atoms with Crippen LogP contribution in [0.3, 0.4) is 0 Å². The van der Waals surface area contributed by atoms with Crippen molar-refractivity contribution < 1.29 is 14.6 Å². The summed E-state index contributed by atoms with van der Waals surface area (Å²) in [6.07, 6.45) is 0. The molecule has 29 heavy (non-hydrogen) atoms. The molecular weight excluding hydrogens is 410 g/mol. The Morgan fingerprint density at radius 2 is 1.90 bits per heavy atom. The molecule has 4 rings (SSSR count). The lowest BCUT2D eigenvalue weighted by Gasteiger charge is -2.19. The second-order valence-corrected chi connectivity index (χ2v) is 7.58. The highest BCUT2D eigenvalue weighted by Crippen LogP contribution is 2.38. The molecule has 2 aromatic carbocycles. The minimum Gasteiger partial charge on any atom is -0.510 e. The smallest absolute Gasteiger partial charge is 0.161 e. The van der Waals surface area contributed by atoms with Gasteiger partial charge in [-0.15, -0.1) is 11.3 Å². The summed E-state index contributed by atoms with van der Waals surface area (Å²) in [5.74, 6) is 1.52. The summed E-state index contributed by atoms with van der Waals surface area (Å²) in [6, 6.07) is 12.8. The van der Waals surface area contributed by atoms with Crippen LogP contribution in [0.15, 0.2) is 53.6 Å². The first-order valence-electron chi connectivity index (χ1n) is 8.75. The lowest BCUT2D eigenvalue weighted by Crippen LogP contribution is -2.26. The van der Waals surface area contributed by atoms with Crippen LogP contribution in [0.4, 0.5) is 5.69 Å². The number of halogens is 1. The second-order valence-electron chi connectivity index (χ2n) is 6.32. The molecule has 0 aliphatic carbocycles. The number of anilines is 1. The third-order valence-corrected chi connectivity index (χ3v) is 5.82. The summed E-state index contributed by atoms with van der Waals surface area (Å²) >= 11 is 7.65. The van der Waals surface area contributed by atoms with Gasteiger partial charge < -0.3 is 19.5 Å². The maximum atomic E-state index is 10.5. The zero-order valence-corrected chi connectivity index (χ0v) is 17.3. The van der Waals surface area contributed by atoms with E-state index < -0.39 is 0 Å². The number of nitrogens with one attached hydrogen (secondary N) is 1. The number of methoxy groups -OCH3 is 2. The average molecular weight is 428 g/mol. The maximum Gasteiger partial charge on any atom is 0.161 e. The van der Waals surface area contributed by atoms with Crippen LogP contribution in [0.1, 0.15) is 5.01 Å². The number of hydrogen-bond donors (Lipinski definition) is 2. The molecule has 0 unspecified atom stereocenters. The van der Waals surface area contributed by atoms with Crippen LogP contribution in [0.2, 0.25) is 5.02 Å². The van der Waals surface area contributed by atoms with Crippen LogP contribution in [0.5, 0.6) is 11.5 Å². The number of rotatable bonds is 5. The molecule has 0 saturated heterocycles. The number of ether oxygens (including phenoxy) is 2. The summed E-state index contributed by atoms with van der Waals surface area (Å²) in [7, 11) is 3.17. The predicted molar refractivity (Wildman–Crippen MR) is 117 cm³/mol. The molecule has 2 heterocycles. The van der Waals surface area contributed by atoms with Gasteiger partial charge in [-0.1, -0.05) is 23.7 Å². The molecular formula is C21H18ClN3O3S. The van der Waals surface area contributed by atoms with Gasteiger partial charge in [-0.25, -0.2) is 4.98 Å². The molecule has 0 saturated carbocycles. The average Bonchev–Trinajstić information content (AvgIpc) is 3.32. The Kier molecular flexibility index (Phi) is 5.17. The second kappa shape index (κ2) is 7.77. The van der Waals surface area contributed by atoms with Crippen LogP contribution in [0, 0.1) is 5.41 Å². The molecule has 0 bridgehead atoms. The minimum atomic E-state index is 0.100. The highest BCUT2D eigenvalue weighted by Gasteiger charge is 2.32. The van der Waals surface area contributed by atoms with Crippen molar-refractivity contribution in [3.63, 3.8) is 0 Å². The van der Waals surface area contributed by atoms with E-state index in [1.807, 2.05) is 41.8 Å². The van der Waals surface area contributed by atoms with E-state index in [4.69, 9.17) is 26.5 Å². The van der Waals surface area contributed by atoms with E-state index in [1.54, 1.807) is 25.2 Å². The number of hydrogen-bond acceptors (Lipinski definition) is 6. The van der Waals surface area contributed by atoms with Gasteiger partial charge in [-0.2, -0.15) is 0 Å². The normalized spacial score (nSPS) is 13.9. The SMILES string of the molecule is COc1ccc(-c2csc(C3=C(O)CN(c4ccccc4Cl)C3=N)n2)cc1OC.